The van der Waals surface area contributed by atoms with Gasteiger partial charge >= 0.3 is 0 Å². The van der Waals surface area contributed by atoms with Crippen molar-refractivity contribution in [2.24, 2.45) is 0 Å². The minimum atomic E-state index is -0.0383. The van der Waals surface area contributed by atoms with Crippen molar-refractivity contribution in [2.45, 2.75) is 45.5 Å². The monoisotopic (exact) mass is 462 g/mol. The number of anilines is 2. The molecule has 0 radical (unpaired) electrons. The number of hydrogen-bond donors (Lipinski definition) is 0. The molecule has 0 aliphatic rings. The lowest BCUT2D eigenvalue weighted by Gasteiger charge is -2.23. The van der Waals surface area contributed by atoms with Gasteiger partial charge in [0.05, 0.1) is 11.4 Å². The largest absolute Gasteiger partial charge is 0.295 e. The SMILES string of the molecule is CC(=O)N(c1nc(CSc2nccn2-c2cccc(C)c2)cs1)c1c(C)cc(C)cc1C. The molecule has 0 spiro atoms. The summed E-state index contributed by atoms with van der Waals surface area (Å²) >= 11 is 3.13. The summed E-state index contributed by atoms with van der Waals surface area (Å²) in [5.41, 5.74) is 7.49. The van der Waals surface area contributed by atoms with Crippen LogP contribution >= 0.6 is 23.1 Å². The average molecular weight is 463 g/mol. The molecule has 0 saturated heterocycles. The van der Waals surface area contributed by atoms with Crippen molar-refractivity contribution in [1.82, 2.24) is 14.5 Å². The highest BCUT2D eigenvalue weighted by atomic mass is 32.2. The van der Waals surface area contributed by atoms with Crippen LogP contribution in [0.1, 0.15) is 34.9 Å². The highest BCUT2D eigenvalue weighted by molar-refractivity contribution is 7.98. The molecule has 1 amide bonds. The van der Waals surface area contributed by atoms with Gasteiger partial charge in [0, 0.05) is 36.1 Å². The number of aryl methyl sites for hydroxylation is 4. The quantitative estimate of drug-likeness (QED) is 0.305. The number of rotatable bonds is 6. The van der Waals surface area contributed by atoms with Crippen LogP contribution in [0.25, 0.3) is 5.69 Å². The molecule has 0 N–H and O–H groups in total. The van der Waals surface area contributed by atoms with Crippen LogP contribution in [-0.2, 0) is 10.5 Å². The standard InChI is InChI=1S/C25H26N4OS2/c1-16-7-6-8-22(13-16)28-10-9-26-24(28)31-14-21-15-32-25(27-21)29(20(5)30)23-18(3)11-17(2)12-19(23)4/h6-13,15H,14H2,1-5H3. The van der Waals surface area contributed by atoms with Crippen LogP contribution in [0.15, 0.2) is 59.3 Å². The van der Waals surface area contributed by atoms with Crippen LogP contribution < -0.4 is 4.90 Å². The highest BCUT2D eigenvalue weighted by Crippen LogP contribution is 2.35. The lowest BCUT2D eigenvalue weighted by Crippen LogP contribution is -2.24. The fourth-order valence-electron chi connectivity index (χ4n) is 3.89. The number of thiazole rings is 1. The topological polar surface area (TPSA) is 51.0 Å². The molecule has 2 heterocycles. The van der Waals surface area contributed by atoms with Crippen LogP contribution in [0.3, 0.4) is 0 Å². The zero-order chi connectivity index (χ0) is 22.8. The molecule has 0 fully saturated rings. The minimum Gasteiger partial charge on any atom is -0.295 e. The van der Waals surface area contributed by atoms with Crippen molar-refractivity contribution < 1.29 is 4.79 Å². The van der Waals surface area contributed by atoms with E-state index in [2.05, 4.69) is 59.8 Å². The van der Waals surface area contributed by atoms with Crippen molar-refractivity contribution >= 4 is 39.8 Å². The number of amides is 1. The van der Waals surface area contributed by atoms with E-state index >= 15 is 0 Å². The summed E-state index contributed by atoms with van der Waals surface area (Å²) in [6.45, 7) is 9.83. The van der Waals surface area contributed by atoms with Crippen molar-refractivity contribution in [3.63, 3.8) is 0 Å². The summed E-state index contributed by atoms with van der Waals surface area (Å²) in [5, 5.41) is 3.64. The van der Waals surface area contributed by atoms with Gasteiger partial charge in [0.1, 0.15) is 0 Å². The lowest BCUT2D eigenvalue weighted by molar-refractivity contribution is -0.115. The van der Waals surface area contributed by atoms with E-state index in [1.54, 1.807) is 23.6 Å². The maximum Gasteiger partial charge on any atom is 0.230 e. The number of thioether (sulfide) groups is 1. The Morgan fingerprint density at radius 1 is 1.09 bits per heavy atom. The molecule has 0 saturated carbocycles. The number of imidazole rings is 1. The molecular weight excluding hydrogens is 436 g/mol. The highest BCUT2D eigenvalue weighted by Gasteiger charge is 2.22. The Morgan fingerprint density at radius 3 is 2.53 bits per heavy atom. The zero-order valence-electron chi connectivity index (χ0n) is 18.9. The summed E-state index contributed by atoms with van der Waals surface area (Å²) in [5.74, 6) is 0.639. The van der Waals surface area contributed by atoms with Gasteiger partial charge in [-0.25, -0.2) is 9.97 Å². The molecule has 5 nitrogen and oxygen atoms in total. The van der Waals surface area contributed by atoms with E-state index in [-0.39, 0.29) is 5.91 Å². The van der Waals surface area contributed by atoms with E-state index in [1.807, 2.05) is 31.6 Å². The maximum atomic E-state index is 12.6. The summed E-state index contributed by atoms with van der Waals surface area (Å²) in [6.07, 6.45) is 3.79. The van der Waals surface area contributed by atoms with Crippen molar-refractivity contribution in [2.75, 3.05) is 4.90 Å². The molecule has 7 heteroatoms. The Morgan fingerprint density at radius 2 is 1.84 bits per heavy atom. The summed E-state index contributed by atoms with van der Waals surface area (Å²) in [4.78, 5) is 23.6. The molecule has 2 aromatic heterocycles. The third kappa shape index (κ3) is 4.64. The van der Waals surface area contributed by atoms with Gasteiger partial charge in [-0.15, -0.1) is 11.3 Å². The van der Waals surface area contributed by atoms with Crippen LogP contribution in [0, 0.1) is 27.7 Å². The Bertz CT molecular complexity index is 1250. The fraction of sp³-hybridized carbons (Fsp3) is 0.240. The van der Waals surface area contributed by atoms with Gasteiger partial charge < -0.3 is 0 Å². The molecule has 32 heavy (non-hydrogen) atoms. The second kappa shape index (κ2) is 9.30. The van der Waals surface area contributed by atoms with Crippen LogP contribution in [0.4, 0.5) is 10.8 Å². The smallest absolute Gasteiger partial charge is 0.230 e. The molecule has 4 rings (SSSR count). The van der Waals surface area contributed by atoms with E-state index in [0.717, 1.165) is 33.4 Å². The molecule has 0 aliphatic heterocycles. The first kappa shape index (κ1) is 22.3. The number of nitrogens with zero attached hydrogens (tertiary/aromatic N) is 4. The van der Waals surface area contributed by atoms with Crippen LogP contribution in [-0.4, -0.2) is 20.4 Å². The second-order valence-corrected chi connectivity index (χ2v) is 9.71. The molecule has 0 aliphatic carbocycles. The maximum absolute atomic E-state index is 12.6. The first-order valence-corrected chi connectivity index (χ1v) is 12.3. The molecule has 164 valence electrons. The normalized spacial score (nSPS) is 11.0. The number of benzene rings is 2. The Balaban J connectivity index is 1.56. The van der Waals surface area contributed by atoms with Crippen LogP contribution in [0.5, 0.6) is 0 Å². The van der Waals surface area contributed by atoms with Gasteiger partial charge in [-0.3, -0.25) is 14.3 Å². The summed E-state index contributed by atoms with van der Waals surface area (Å²) in [7, 11) is 0. The molecule has 0 unspecified atom stereocenters. The van der Waals surface area contributed by atoms with E-state index < -0.39 is 0 Å². The molecule has 4 aromatic rings. The Kier molecular flexibility index (Phi) is 6.48. The second-order valence-electron chi connectivity index (χ2n) is 7.93. The van der Waals surface area contributed by atoms with E-state index in [4.69, 9.17) is 4.98 Å². The molecule has 0 atom stereocenters. The first-order chi connectivity index (χ1) is 15.3. The number of aromatic nitrogens is 3. The third-order valence-corrected chi connectivity index (χ3v) is 7.02. The fourth-order valence-corrected chi connectivity index (χ4v) is 5.73. The Labute approximate surface area is 197 Å². The van der Waals surface area contributed by atoms with Crippen molar-refractivity contribution in [3.8, 4) is 5.69 Å². The van der Waals surface area contributed by atoms with Crippen LogP contribution in [0.2, 0.25) is 0 Å². The van der Waals surface area contributed by atoms with Gasteiger partial charge in [-0.2, -0.15) is 0 Å². The third-order valence-electron chi connectivity index (χ3n) is 5.14. The predicted molar refractivity (Wildman–Crippen MR) is 133 cm³/mol. The average Bonchev–Trinajstić information content (AvgIpc) is 3.38. The lowest BCUT2D eigenvalue weighted by atomic mass is 10.0. The van der Waals surface area contributed by atoms with Gasteiger partial charge in [-0.1, -0.05) is 41.6 Å². The number of carbonyl (C=O) groups is 1. The summed E-state index contributed by atoms with van der Waals surface area (Å²) < 4.78 is 2.09. The van der Waals surface area contributed by atoms with Gasteiger partial charge in [0.2, 0.25) is 5.91 Å². The van der Waals surface area contributed by atoms with Gasteiger partial charge in [0.15, 0.2) is 10.3 Å². The van der Waals surface area contributed by atoms with Crippen molar-refractivity contribution in [3.05, 3.63) is 82.1 Å². The Hall–Kier alpha value is -2.90. The zero-order valence-corrected chi connectivity index (χ0v) is 20.5. The van der Waals surface area contributed by atoms with E-state index in [9.17, 15) is 4.79 Å². The van der Waals surface area contributed by atoms with Gasteiger partial charge in [0.25, 0.3) is 0 Å². The van der Waals surface area contributed by atoms with Crippen molar-refractivity contribution in [1.29, 1.82) is 0 Å². The predicted octanol–water partition coefficient (Wildman–Crippen LogP) is 6.54. The number of hydrogen-bond acceptors (Lipinski definition) is 5. The minimum absolute atomic E-state index is 0.0383. The molecular formula is C25H26N4OS2. The van der Waals surface area contributed by atoms with Gasteiger partial charge in [-0.05, 0) is 56.5 Å². The summed E-state index contributed by atoms with van der Waals surface area (Å²) in [6, 6.07) is 12.6. The van der Waals surface area contributed by atoms with E-state index in [0.29, 0.717) is 10.9 Å². The van der Waals surface area contributed by atoms with E-state index in [1.165, 1.54) is 22.5 Å². The molecule has 0 bridgehead atoms. The number of carbonyl (C=O) groups excluding carboxylic acids is 1. The first-order valence-electron chi connectivity index (χ1n) is 10.4. The molecule has 2 aromatic carbocycles.